The van der Waals surface area contributed by atoms with Gasteiger partial charge in [0.1, 0.15) is 11.9 Å². The van der Waals surface area contributed by atoms with Crippen molar-refractivity contribution in [2.75, 3.05) is 19.7 Å². The summed E-state index contributed by atoms with van der Waals surface area (Å²) in [4.78, 5) is 15.7. The van der Waals surface area contributed by atoms with Crippen LogP contribution in [0.1, 0.15) is 34.6 Å². The summed E-state index contributed by atoms with van der Waals surface area (Å²) in [6.45, 7) is 9.18. The molecule has 7 heteroatoms. The minimum Gasteiger partial charge on any atom is -0.369 e. The summed E-state index contributed by atoms with van der Waals surface area (Å²) in [6, 6.07) is 3.98. The molecule has 3 aromatic rings. The SMILES string of the molecule is Cc1cc(C)n2ncc(CN3CCO[C@@H](c4ccnc(C)n4)C3)c2n1. The average Bonchev–Trinajstić information content (AvgIpc) is 2.98. The smallest absolute Gasteiger partial charge is 0.159 e. The van der Waals surface area contributed by atoms with Crippen molar-refractivity contribution in [3.63, 3.8) is 0 Å². The Morgan fingerprint density at radius 2 is 2.12 bits per heavy atom. The fraction of sp³-hybridized carbons (Fsp3) is 0.444. The Bertz CT molecular complexity index is 906. The number of fused-ring (bicyclic) bond motifs is 1. The van der Waals surface area contributed by atoms with Gasteiger partial charge < -0.3 is 4.74 Å². The van der Waals surface area contributed by atoms with Crippen molar-refractivity contribution >= 4 is 5.65 Å². The molecule has 4 heterocycles. The van der Waals surface area contributed by atoms with Gasteiger partial charge >= 0.3 is 0 Å². The Morgan fingerprint density at radius 1 is 1.24 bits per heavy atom. The van der Waals surface area contributed by atoms with Crippen molar-refractivity contribution in [2.45, 2.75) is 33.4 Å². The van der Waals surface area contributed by atoms with Crippen LogP contribution in [0.5, 0.6) is 0 Å². The van der Waals surface area contributed by atoms with E-state index in [0.29, 0.717) is 6.61 Å². The maximum Gasteiger partial charge on any atom is 0.159 e. The number of hydrogen-bond acceptors (Lipinski definition) is 6. The molecule has 1 fully saturated rings. The van der Waals surface area contributed by atoms with E-state index in [1.807, 2.05) is 36.7 Å². The molecule has 25 heavy (non-hydrogen) atoms. The molecule has 0 N–H and O–H groups in total. The number of rotatable bonds is 3. The molecular weight excluding hydrogens is 316 g/mol. The van der Waals surface area contributed by atoms with E-state index in [4.69, 9.17) is 4.74 Å². The highest BCUT2D eigenvalue weighted by Crippen LogP contribution is 2.22. The van der Waals surface area contributed by atoms with Crippen LogP contribution in [0.4, 0.5) is 0 Å². The molecule has 0 amide bonds. The average molecular weight is 338 g/mol. The van der Waals surface area contributed by atoms with Gasteiger partial charge in [0, 0.05) is 42.8 Å². The van der Waals surface area contributed by atoms with E-state index in [1.54, 1.807) is 6.20 Å². The molecule has 1 saturated heterocycles. The summed E-state index contributed by atoms with van der Waals surface area (Å²) in [5.74, 6) is 0.774. The maximum absolute atomic E-state index is 5.93. The van der Waals surface area contributed by atoms with Gasteiger partial charge in [0.15, 0.2) is 5.65 Å². The first kappa shape index (κ1) is 16.1. The maximum atomic E-state index is 5.93. The molecule has 4 rings (SSSR count). The van der Waals surface area contributed by atoms with Crippen LogP contribution in [-0.4, -0.2) is 49.2 Å². The van der Waals surface area contributed by atoms with E-state index in [-0.39, 0.29) is 6.10 Å². The minimum atomic E-state index is -0.0197. The number of aryl methyl sites for hydroxylation is 3. The van der Waals surface area contributed by atoms with Gasteiger partial charge in [-0.3, -0.25) is 4.90 Å². The van der Waals surface area contributed by atoms with Crippen LogP contribution in [0.3, 0.4) is 0 Å². The molecule has 1 aliphatic rings. The predicted molar refractivity (Wildman–Crippen MR) is 93.2 cm³/mol. The Hall–Kier alpha value is -2.38. The molecule has 0 unspecified atom stereocenters. The Kier molecular flexibility index (Phi) is 4.19. The molecule has 1 aliphatic heterocycles. The van der Waals surface area contributed by atoms with Crippen LogP contribution in [0.25, 0.3) is 5.65 Å². The molecule has 130 valence electrons. The van der Waals surface area contributed by atoms with Gasteiger partial charge in [0.2, 0.25) is 0 Å². The monoisotopic (exact) mass is 338 g/mol. The molecule has 3 aromatic heterocycles. The molecule has 0 aromatic carbocycles. The number of aromatic nitrogens is 5. The lowest BCUT2D eigenvalue weighted by molar-refractivity contribution is -0.0350. The van der Waals surface area contributed by atoms with E-state index in [9.17, 15) is 0 Å². The van der Waals surface area contributed by atoms with Gasteiger partial charge in [-0.1, -0.05) is 0 Å². The topological polar surface area (TPSA) is 68.4 Å². The third kappa shape index (κ3) is 3.25. The van der Waals surface area contributed by atoms with Crippen LogP contribution in [-0.2, 0) is 11.3 Å². The fourth-order valence-corrected chi connectivity index (χ4v) is 3.35. The van der Waals surface area contributed by atoms with Gasteiger partial charge in [-0.25, -0.2) is 19.5 Å². The summed E-state index contributed by atoms with van der Waals surface area (Å²) in [5, 5.41) is 4.49. The van der Waals surface area contributed by atoms with Crippen LogP contribution >= 0.6 is 0 Å². The first-order valence-electron chi connectivity index (χ1n) is 8.54. The molecule has 1 atom stereocenters. The van der Waals surface area contributed by atoms with Gasteiger partial charge in [-0.05, 0) is 32.9 Å². The Labute approximate surface area is 146 Å². The van der Waals surface area contributed by atoms with E-state index in [2.05, 4.69) is 31.9 Å². The standard InChI is InChI=1S/C18H22N6O/c1-12-8-13(2)24-18(21-12)15(9-20-24)10-23-6-7-25-17(11-23)16-4-5-19-14(3)22-16/h4-5,8-9,17H,6-7,10-11H2,1-3H3/t17-/m1/s1. The zero-order valence-electron chi connectivity index (χ0n) is 14.8. The summed E-state index contributed by atoms with van der Waals surface area (Å²) < 4.78 is 7.84. The number of ether oxygens (including phenoxy) is 1. The normalized spacial score (nSPS) is 18.8. The van der Waals surface area contributed by atoms with Gasteiger partial charge in [-0.15, -0.1) is 0 Å². The molecular formula is C18H22N6O. The summed E-state index contributed by atoms with van der Waals surface area (Å²) in [7, 11) is 0. The molecule has 0 bridgehead atoms. The van der Waals surface area contributed by atoms with E-state index in [0.717, 1.165) is 53.8 Å². The lowest BCUT2D eigenvalue weighted by atomic mass is 10.2. The van der Waals surface area contributed by atoms with Crippen LogP contribution in [0.15, 0.2) is 24.5 Å². The Morgan fingerprint density at radius 3 is 2.96 bits per heavy atom. The summed E-state index contributed by atoms with van der Waals surface area (Å²) in [6.07, 6.45) is 3.70. The van der Waals surface area contributed by atoms with E-state index >= 15 is 0 Å². The zero-order valence-corrected chi connectivity index (χ0v) is 14.8. The second-order valence-electron chi connectivity index (χ2n) is 6.57. The van der Waals surface area contributed by atoms with Gasteiger partial charge in [-0.2, -0.15) is 5.10 Å². The largest absolute Gasteiger partial charge is 0.369 e. The molecule has 0 spiro atoms. The molecule has 0 radical (unpaired) electrons. The van der Waals surface area contributed by atoms with Crippen LogP contribution in [0, 0.1) is 20.8 Å². The highest BCUT2D eigenvalue weighted by molar-refractivity contribution is 5.47. The molecule has 0 saturated carbocycles. The van der Waals surface area contributed by atoms with Crippen LogP contribution in [0.2, 0.25) is 0 Å². The van der Waals surface area contributed by atoms with Crippen molar-refractivity contribution in [3.05, 3.63) is 53.0 Å². The molecule has 0 aliphatic carbocycles. The third-order valence-corrected chi connectivity index (χ3v) is 4.52. The van der Waals surface area contributed by atoms with Crippen molar-refractivity contribution in [1.82, 2.24) is 29.5 Å². The number of morpholine rings is 1. The fourth-order valence-electron chi connectivity index (χ4n) is 3.35. The van der Waals surface area contributed by atoms with E-state index in [1.165, 1.54) is 0 Å². The Balaban J connectivity index is 1.55. The quantitative estimate of drug-likeness (QED) is 0.728. The van der Waals surface area contributed by atoms with Gasteiger partial charge in [0.05, 0.1) is 18.5 Å². The van der Waals surface area contributed by atoms with Gasteiger partial charge in [0.25, 0.3) is 0 Å². The first-order valence-corrected chi connectivity index (χ1v) is 8.54. The minimum absolute atomic E-state index is 0.0197. The van der Waals surface area contributed by atoms with Crippen molar-refractivity contribution in [2.24, 2.45) is 0 Å². The number of hydrogen-bond donors (Lipinski definition) is 0. The zero-order chi connectivity index (χ0) is 17.4. The van der Waals surface area contributed by atoms with Crippen molar-refractivity contribution < 1.29 is 4.74 Å². The van der Waals surface area contributed by atoms with Crippen LogP contribution < -0.4 is 0 Å². The first-order chi connectivity index (χ1) is 12.1. The molecule has 7 nitrogen and oxygen atoms in total. The van der Waals surface area contributed by atoms with Crippen molar-refractivity contribution in [1.29, 1.82) is 0 Å². The van der Waals surface area contributed by atoms with E-state index < -0.39 is 0 Å². The lowest BCUT2D eigenvalue weighted by Gasteiger charge is -2.32. The second kappa shape index (κ2) is 6.50. The number of nitrogens with zero attached hydrogens (tertiary/aromatic N) is 6. The third-order valence-electron chi connectivity index (χ3n) is 4.52. The van der Waals surface area contributed by atoms with Crippen molar-refractivity contribution in [3.8, 4) is 0 Å². The highest BCUT2D eigenvalue weighted by Gasteiger charge is 2.24. The summed E-state index contributed by atoms with van der Waals surface area (Å²) in [5.41, 5.74) is 5.15. The predicted octanol–water partition coefficient (Wildman–Crippen LogP) is 2.02. The summed E-state index contributed by atoms with van der Waals surface area (Å²) >= 11 is 0. The second-order valence-corrected chi connectivity index (χ2v) is 6.57. The highest BCUT2D eigenvalue weighted by atomic mass is 16.5. The lowest BCUT2D eigenvalue weighted by Crippen LogP contribution is -2.38.